The number of nitrogens with zero attached hydrogens (tertiary/aromatic N) is 2. The molecule has 1 aromatic heterocycles. The van der Waals surface area contributed by atoms with Crippen molar-refractivity contribution in [1.82, 2.24) is 4.98 Å². The molecule has 0 bridgehead atoms. The van der Waals surface area contributed by atoms with E-state index in [4.69, 9.17) is 34.8 Å². The van der Waals surface area contributed by atoms with Crippen LogP contribution >= 0.6 is 11.6 Å². The third-order valence-corrected chi connectivity index (χ3v) is 3.90. The van der Waals surface area contributed by atoms with Crippen molar-refractivity contribution in [3.63, 3.8) is 0 Å². The second-order valence-electron chi connectivity index (χ2n) is 5.38. The van der Waals surface area contributed by atoms with Crippen LogP contribution in [0.3, 0.4) is 0 Å². The van der Waals surface area contributed by atoms with Crippen molar-refractivity contribution in [1.29, 1.82) is 0 Å². The maximum atomic E-state index is 12.9. The minimum absolute atomic E-state index is 0.0141. The first kappa shape index (κ1) is 17.2. The van der Waals surface area contributed by atoms with Crippen molar-refractivity contribution in [3.05, 3.63) is 58.1 Å². The number of aromatic nitrogens is 1. The lowest BCUT2D eigenvalue weighted by Gasteiger charge is -2.12. The molecule has 0 saturated heterocycles. The number of nitrogen functional groups attached to an aromatic ring is 1. The lowest BCUT2D eigenvalue weighted by Crippen LogP contribution is -2.13. The molecule has 0 amide bonds. The molecule has 0 aliphatic carbocycles. The zero-order valence-corrected chi connectivity index (χ0v) is 13.7. The second kappa shape index (κ2) is 7.10. The first-order valence-electron chi connectivity index (χ1n) is 7.29. The van der Waals surface area contributed by atoms with Crippen molar-refractivity contribution in [2.75, 3.05) is 5.73 Å². The van der Waals surface area contributed by atoms with Gasteiger partial charge < -0.3 is 15.3 Å². The van der Waals surface area contributed by atoms with Crippen molar-refractivity contribution < 1.29 is 18.8 Å². The van der Waals surface area contributed by atoms with Crippen LogP contribution in [-0.4, -0.2) is 24.4 Å². The molecule has 2 N–H and O–H groups in total. The van der Waals surface area contributed by atoms with E-state index < -0.39 is 12.1 Å². The van der Waals surface area contributed by atoms with Crippen LogP contribution in [0.2, 0.25) is 5.02 Å². The molecule has 25 heavy (non-hydrogen) atoms. The summed E-state index contributed by atoms with van der Waals surface area (Å²) >= 11 is 6.07. The number of carbonyl (C=O) groups is 1. The van der Waals surface area contributed by atoms with Gasteiger partial charge in [-0.25, -0.2) is 14.2 Å². The van der Waals surface area contributed by atoms with Gasteiger partial charge in [-0.3, -0.25) is 0 Å². The number of rotatable bonds is 4. The Morgan fingerprint density at radius 1 is 1.44 bits per heavy atom. The van der Waals surface area contributed by atoms with E-state index >= 15 is 0 Å². The van der Waals surface area contributed by atoms with Crippen molar-refractivity contribution in [2.45, 2.75) is 19.1 Å². The van der Waals surface area contributed by atoms with Crippen LogP contribution in [0.5, 0.6) is 0 Å². The minimum Gasteiger partial charge on any atom is -0.456 e. The first-order valence-corrected chi connectivity index (χ1v) is 7.67. The summed E-state index contributed by atoms with van der Waals surface area (Å²) < 4.78 is 18.1. The lowest BCUT2D eigenvalue weighted by atomic mass is 9.95. The van der Waals surface area contributed by atoms with E-state index in [9.17, 15) is 9.18 Å². The Labute approximate surface area is 149 Å². The van der Waals surface area contributed by atoms with Gasteiger partial charge in [0.1, 0.15) is 20.3 Å². The number of benzene rings is 1. The zero-order valence-electron chi connectivity index (χ0n) is 12.9. The molecule has 126 valence electrons. The van der Waals surface area contributed by atoms with Gasteiger partial charge >= 0.3 is 5.97 Å². The Morgan fingerprint density at radius 3 is 2.80 bits per heavy atom. The Bertz CT molecular complexity index is 845. The summed E-state index contributed by atoms with van der Waals surface area (Å²) in [5.41, 5.74) is 7.19. The molecule has 3 rings (SSSR count). The highest BCUT2D eigenvalue weighted by molar-refractivity contribution is 6.59. The molecule has 1 aliphatic rings. The summed E-state index contributed by atoms with van der Waals surface area (Å²) in [4.78, 5) is 21.6. The molecular formula is C16H12BClFN3O3. The third kappa shape index (κ3) is 3.91. The third-order valence-electron chi connectivity index (χ3n) is 3.50. The standard InChI is InChI=1S/C16H12BClFN3O3/c17-13-6-12(25-22-13)11-5-10(20)14(18)15(21-11)16(23)24-7-8-1-3-9(19)4-2-8/h1-5,12H,6-7H2,(H2,20,21). The predicted octanol–water partition coefficient (Wildman–Crippen LogP) is 2.76. The van der Waals surface area contributed by atoms with Gasteiger partial charge in [0.2, 0.25) is 0 Å². The van der Waals surface area contributed by atoms with Crippen molar-refractivity contribution in [3.8, 4) is 0 Å². The molecule has 1 aliphatic heterocycles. The highest BCUT2D eigenvalue weighted by Crippen LogP contribution is 2.31. The molecular weight excluding hydrogens is 347 g/mol. The fourth-order valence-electron chi connectivity index (χ4n) is 2.22. The first-order chi connectivity index (χ1) is 11.9. The molecule has 2 aromatic rings. The normalized spacial score (nSPS) is 16.2. The van der Waals surface area contributed by atoms with Gasteiger partial charge in [-0.2, -0.15) is 0 Å². The Kier molecular flexibility index (Phi) is 4.89. The molecule has 0 saturated carbocycles. The minimum atomic E-state index is -0.755. The van der Waals surface area contributed by atoms with Gasteiger partial charge in [0, 0.05) is 12.0 Å². The maximum absolute atomic E-state index is 12.9. The number of hydrogen-bond acceptors (Lipinski definition) is 6. The van der Waals surface area contributed by atoms with E-state index in [0.717, 1.165) is 0 Å². The van der Waals surface area contributed by atoms with E-state index in [0.29, 0.717) is 23.3 Å². The van der Waals surface area contributed by atoms with Crippen molar-refractivity contribution >= 4 is 36.7 Å². The summed E-state index contributed by atoms with van der Waals surface area (Å²) in [5, 5.41) is 3.62. The van der Waals surface area contributed by atoms with Crippen LogP contribution in [0.15, 0.2) is 35.5 Å². The van der Waals surface area contributed by atoms with Crippen LogP contribution < -0.4 is 5.73 Å². The van der Waals surface area contributed by atoms with Gasteiger partial charge in [0.25, 0.3) is 0 Å². The molecule has 1 aromatic carbocycles. The topological polar surface area (TPSA) is 86.8 Å². The predicted molar refractivity (Wildman–Crippen MR) is 90.8 cm³/mol. The fraction of sp³-hybridized carbons (Fsp3) is 0.188. The summed E-state index contributed by atoms with van der Waals surface area (Å²) in [6.45, 7) is -0.0583. The van der Waals surface area contributed by atoms with Crippen LogP contribution in [0, 0.1) is 5.82 Å². The molecule has 1 atom stereocenters. The van der Waals surface area contributed by atoms with Crippen LogP contribution in [-0.2, 0) is 16.2 Å². The highest BCUT2D eigenvalue weighted by Gasteiger charge is 2.25. The van der Waals surface area contributed by atoms with Gasteiger partial charge in [0.15, 0.2) is 11.8 Å². The molecule has 9 heteroatoms. The maximum Gasteiger partial charge on any atom is 0.358 e. The fourth-order valence-corrected chi connectivity index (χ4v) is 2.40. The molecule has 6 nitrogen and oxygen atoms in total. The van der Waals surface area contributed by atoms with E-state index in [1.807, 2.05) is 0 Å². The summed E-state index contributed by atoms with van der Waals surface area (Å²) in [5.74, 6) is -1.13. The number of halogens is 2. The van der Waals surface area contributed by atoms with Gasteiger partial charge in [-0.05, 0) is 23.8 Å². The zero-order chi connectivity index (χ0) is 18.0. The van der Waals surface area contributed by atoms with E-state index in [2.05, 4.69) is 10.1 Å². The number of nitrogens with two attached hydrogens (primary N) is 1. The summed E-state index contributed by atoms with van der Waals surface area (Å²) in [6, 6.07) is 7.06. The molecule has 2 radical (unpaired) electrons. The largest absolute Gasteiger partial charge is 0.456 e. The van der Waals surface area contributed by atoms with Crippen molar-refractivity contribution in [2.24, 2.45) is 5.16 Å². The van der Waals surface area contributed by atoms with Crippen LogP contribution in [0.25, 0.3) is 0 Å². The smallest absolute Gasteiger partial charge is 0.358 e. The summed E-state index contributed by atoms with van der Waals surface area (Å²) in [7, 11) is 5.57. The van der Waals surface area contributed by atoms with Crippen LogP contribution in [0.1, 0.15) is 34.3 Å². The Balaban J connectivity index is 1.77. The quantitative estimate of drug-likeness (QED) is 0.670. The number of oxime groups is 1. The van der Waals surface area contributed by atoms with Crippen LogP contribution in [0.4, 0.5) is 10.1 Å². The second-order valence-corrected chi connectivity index (χ2v) is 5.76. The number of anilines is 1. The highest BCUT2D eigenvalue weighted by atomic mass is 35.5. The Hall–Kier alpha value is -2.61. The van der Waals surface area contributed by atoms with Gasteiger partial charge in [-0.15, -0.1) is 5.16 Å². The molecule has 0 fully saturated rings. The van der Waals surface area contributed by atoms with Gasteiger partial charge in [-0.1, -0.05) is 23.7 Å². The molecule has 2 heterocycles. The lowest BCUT2D eigenvalue weighted by molar-refractivity contribution is 0.0462. The number of pyridine rings is 1. The van der Waals surface area contributed by atoms with Gasteiger partial charge in [0.05, 0.1) is 16.4 Å². The average Bonchev–Trinajstić information content (AvgIpc) is 3.03. The SMILES string of the molecule is [B]C1=NOC(c2cc(N)c(Cl)c(C(=O)OCc3ccc(F)cc3)n2)C1. The molecule has 1 unspecified atom stereocenters. The Morgan fingerprint density at radius 2 is 2.16 bits per heavy atom. The number of hydrogen-bond donors (Lipinski definition) is 1. The average molecular weight is 360 g/mol. The van der Waals surface area contributed by atoms with E-state index in [1.54, 1.807) is 0 Å². The molecule has 0 spiro atoms. The summed E-state index contributed by atoms with van der Waals surface area (Å²) in [6.07, 6.45) is -0.207. The number of esters is 1. The van der Waals surface area contributed by atoms with E-state index in [-0.39, 0.29) is 28.8 Å². The number of carbonyl (C=O) groups excluding carboxylic acids is 1. The number of ether oxygens (including phenoxy) is 1. The van der Waals surface area contributed by atoms with E-state index in [1.165, 1.54) is 30.3 Å². The monoisotopic (exact) mass is 359 g/mol.